The Morgan fingerprint density at radius 1 is 1.26 bits per heavy atom. The number of hydrogen-bond donors (Lipinski definition) is 2. The molecule has 5 nitrogen and oxygen atoms in total. The summed E-state index contributed by atoms with van der Waals surface area (Å²) in [6, 6.07) is 5.55. The van der Waals surface area contributed by atoms with Gasteiger partial charge in [0, 0.05) is 5.02 Å². The summed E-state index contributed by atoms with van der Waals surface area (Å²) in [4.78, 5) is 11.3. The van der Waals surface area contributed by atoms with Gasteiger partial charge in [0.25, 0.3) is 0 Å². The van der Waals surface area contributed by atoms with Gasteiger partial charge < -0.3 is 5.11 Å². The third kappa shape index (κ3) is 3.46. The molecule has 1 aromatic carbocycles. The second-order valence-electron chi connectivity index (χ2n) is 4.15. The van der Waals surface area contributed by atoms with Gasteiger partial charge in [-0.2, -0.15) is 4.72 Å². The largest absolute Gasteiger partial charge is 0.480 e. The van der Waals surface area contributed by atoms with E-state index in [1.54, 1.807) is 13.8 Å². The third-order valence-corrected chi connectivity index (χ3v) is 4.87. The molecule has 7 heteroatoms. The Labute approximate surface area is 117 Å². The van der Waals surface area contributed by atoms with Crippen LogP contribution < -0.4 is 4.72 Å². The molecular formula is C12H16ClNO4S. The van der Waals surface area contributed by atoms with Crippen LogP contribution in [0.3, 0.4) is 0 Å². The summed E-state index contributed by atoms with van der Waals surface area (Å²) < 4.78 is 26.6. The second kappa shape index (κ2) is 5.90. The highest BCUT2D eigenvalue weighted by molar-refractivity contribution is 7.89. The molecule has 19 heavy (non-hydrogen) atoms. The maximum absolute atomic E-state index is 12.2. The highest BCUT2D eigenvalue weighted by Crippen LogP contribution is 2.21. The fraction of sp³-hybridized carbons (Fsp3) is 0.417. The monoisotopic (exact) mass is 305 g/mol. The standard InChI is InChI=1S/C12H16ClNO4S/c1-3-12(4-2,11(15)16)14-19(17,18)10-7-5-9(13)6-8-10/h5-8,14H,3-4H2,1-2H3,(H,15,16). The molecule has 0 aromatic heterocycles. The van der Waals surface area contributed by atoms with Crippen LogP contribution in [-0.4, -0.2) is 25.0 Å². The zero-order valence-corrected chi connectivity index (χ0v) is 12.3. The molecule has 0 aliphatic heterocycles. The average molecular weight is 306 g/mol. The first kappa shape index (κ1) is 15.9. The summed E-state index contributed by atoms with van der Waals surface area (Å²) in [6.45, 7) is 3.25. The van der Waals surface area contributed by atoms with Crippen molar-refractivity contribution in [2.24, 2.45) is 0 Å². The lowest BCUT2D eigenvalue weighted by atomic mass is 9.95. The molecule has 1 aromatic rings. The Bertz CT molecular complexity index is 550. The number of carboxylic acids is 1. The van der Waals surface area contributed by atoms with Crippen molar-refractivity contribution < 1.29 is 18.3 Å². The van der Waals surface area contributed by atoms with E-state index in [2.05, 4.69) is 4.72 Å². The Morgan fingerprint density at radius 3 is 2.11 bits per heavy atom. The van der Waals surface area contributed by atoms with E-state index in [0.29, 0.717) is 5.02 Å². The molecule has 0 unspecified atom stereocenters. The summed E-state index contributed by atoms with van der Waals surface area (Å²) in [7, 11) is -3.89. The van der Waals surface area contributed by atoms with E-state index >= 15 is 0 Å². The summed E-state index contributed by atoms with van der Waals surface area (Å²) in [5, 5.41) is 9.64. The minimum atomic E-state index is -3.89. The summed E-state index contributed by atoms with van der Waals surface area (Å²) >= 11 is 5.69. The topological polar surface area (TPSA) is 83.5 Å². The number of carbonyl (C=O) groups is 1. The average Bonchev–Trinajstić information content (AvgIpc) is 2.36. The second-order valence-corrected chi connectivity index (χ2v) is 6.27. The first-order chi connectivity index (χ1) is 8.77. The van der Waals surface area contributed by atoms with Crippen LogP contribution in [0.2, 0.25) is 5.02 Å². The molecule has 0 fully saturated rings. The normalized spacial score (nSPS) is 12.4. The Balaban J connectivity index is 3.14. The van der Waals surface area contributed by atoms with E-state index in [4.69, 9.17) is 11.6 Å². The SMILES string of the molecule is CCC(CC)(NS(=O)(=O)c1ccc(Cl)cc1)C(=O)O. The molecule has 0 aliphatic carbocycles. The van der Waals surface area contributed by atoms with Gasteiger partial charge in [-0.05, 0) is 37.1 Å². The van der Waals surface area contributed by atoms with Gasteiger partial charge >= 0.3 is 5.97 Å². The van der Waals surface area contributed by atoms with Crippen molar-refractivity contribution in [2.45, 2.75) is 37.1 Å². The number of sulfonamides is 1. The van der Waals surface area contributed by atoms with Crippen molar-refractivity contribution >= 4 is 27.6 Å². The van der Waals surface area contributed by atoms with Gasteiger partial charge in [0.15, 0.2) is 0 Å². The molecule has 0 saturated carbocycles. The van der Waals surface area contributed by atoms with Gasteiger partial charge in [-0.3, -0.25) is 4.79 Å². The molecular weight excluding hydrogens is 290 g/mol. The van der Waals surface area contributed by atoms with Crippen LogP contribution in [0.4, 0.5) is 0 Å². The Hall–Kier alpha value is -1.11. The zero-order valence-electron chi connectivity index (χ0n) is 10.7. The maximum atomic E-state index is 12.2. The van der Waals surface area contributed by atoms with Crippen LogP contribution in [0, 0.1) is 0 Å². The van der Waals surface area contributed by atoms with Crippen molar-refractivity contribution in [1.82, 2.24) is 4.72 Å². The van der Waals surface area contributed by atoms with Gasteiger partial charge in [-0.25, -0.2) is 8.42 Å². The molecule has 2 N–H and O–H groups in total. The third-order valence-electron chi connectivity index (χ3n) is 3.07. The molecule has 0 saturated heterocycles. The number of nitrogens with one attached hydrogen (secondary N) is 1. The molecule has 0 atom stereocenters. The fourth-order valence-corrected chi connectivity index (χ4v) is 3.30. The number of carboxylic acid groups (broad SMARTS) is 1. The maximum Gasteiger partial charge on any atom is 0.324 e. The van der Waals surface area contributed by atoms with Gasteiger partial charge in [0.05, 0.1) is 4.90 Å². The predicted octanol–water partition coefficient (Wildman–Crippen LogP) is 2.26. The number of hydrogen-bond acceptors (Lipinski definition) is 3. The quantitative estimate of drug-likeness (QED) is 0.844. The van der Waals surface area contributed by atoms with Crippen LogP contribution in [0.25, 0.3) is 0 Å². The molecule has 1 rings (SSSR count). The van der Waals surface area contributed by atoms with Crippen molar-refractivity contribution in [1.29, 1.82) is 0 Å². The zero-order chi connectivity index (χ0) is 14.7. The first-order valence-electron chi connectivity index (χ1n) is 5.80. The van der Waals surface area contributed by atoms with E-state index in [1.807, 2.05) is 0 Å². The van der Waals surface area contributed by atoms with E-state index in [1.165, 1.54) is 24.3 Å². The minimum Gasteiger partial charge on any atom is -0.480 e. The highest BCUT2D eigenvalue weighted by Gasteiger charge is 2.39. The van der Waals surface area contributed by atoms with Crippen molar-refractivity contribution in [3.8, 4) is 0 Å². The van der Waals surface area contributed by atoms with Crippen LogP contribution in [0.15, 0.2) is 29.2 Å². The fourth-order valence-electron chi connectivity index (χ4n) is 1.67. The lowest BCUT2D eigenvalue weighted by Gasteiger charge is -2.27. The van der Waals surface area contributed by atoms with E-state index in [9.17, 15) is 18.3 Å². The smallest absolute Gasteiger partial charge is 0.324 e. The number of benzene rings is 1. The van der Waals surface area contributed by atoms with E-state index < -0.39 is 21.5 Å². The van der Waals surface area contributed by atoms with E-state index in [-0.39, 0.29) is 17.7 Å². The Kier molecular flexibility index (Phi) is 4.95. The lowest BCUT2D eigenvalue weighted by molar-refractivity contribution is -0.144. The summed E-state index contributed by atoms with van der Waals surface area (Å²) in [5.74, 6) is -1.19. The summed E-state index contributed by atoms with van der Waals surface area (Å²) in [5.41, 5.74) is -1.49. The van der Waals surface area contributed by atoms with Gasteiger partial charge in [0.2, 0.25) is 10.0 Å². The highest BCUT2D eigenvalue weighted by atomic mass is 35.5. The number of halogens is 1. The van der Waals surface area contributed by atoms with Crippen molar-refractivity contribution in [3.05, 3.63) is 29.3 Å². The van der Waals surface area contributed by atoms with Crippen molar-refractivity contribution in [2.75, 3.05) is 0 Å². The van der Waals surface area contributed by atoms with Gasteiger partial charge in [-0.1, -0.05) is 25.4 Å². The van der Waals surface area contributed by atoms with Crippen LogP contribution in [0.1, 0.15) is 26.7 Å². The summed E-state index contributed by atoms with van der Waals surface area (Å²) in [6.07, 6.45) is 0.317. The first-order valence-corrected chi connectivity index (χ1v) is 7.66. The molecule has 0 aliphatic rings. The van der Waals surface area contributed by atoms with Crippen LogP contribution >= 0.6 is 11.6 Å². The van der Waals surface area contributed by atoms with Gasteiger partial charge in [0.1, 0.15) is 5.54 Å². The number of rotatable bonds is 6. The molecule has 0 amide bonds. The predicted molar refractivity (Wildman–Crippen MR) is 72.7 cm³/mol. The van der Waals surface area contributed by atoms with Gasteiger partial charge in [-0.15, -0.1) is 0 Å². The van der Waals surface area contributed by atoms with Crippen LogP contribution in [-0.2, 0) is 14.8 Å². The number of aliphatic carboxylic acids is 1. The lowest BCUT2D eigenvalue weighted by Crippen LogP contribution is -2.53. The molecule has 0 radical (unpaired) electrons. The molecule has 0 spiro atoms. The Morgan fingerprint density at radius 2 is 1.74 bits per heavy atom. The molecule has 106 valence electrons. The van der Waals surface area contributed by atoms with Crippen molar-refractivity contribution in [3.63, 3.8) is 0 Å². The molecule has 0 bridgehead atoms. The minimum absolute atomic E-state index is 0.00979. The molecule has 0 heterocycles. The van der Waals surface area contributed by atoms with Crippen LogP contribution in [0.5, 0.6) is 0 Å². The van der Waals surface area contributed by atoms with E-state index in [0.717, 1.165) is 0 Å².